The summed E-state index contributed by atoms with van der Waals surface area (Å²) in [5.74, 6) is -2.69. The van der Waals surface area contributed by atoms with Gasteiger partial charge in [0.05, 0.1) is 5.56 Å². The van der Waals surface area contributed by atoms with E-state index >= 15 is 0 Å². The normalized spacial score (nSPS) is 11.7. The van der Waals surface area contributed by atoms with Crippen LogP contribution in [0.3, 0.4) is 0 Å². The van der Waals surface area contributed by atoms with Gasteiger partial charge in [0, 0.05) is 15.6 Å². The van der Waals surface area contributed by atoms with E-state index in [-0.39, 0.29) is 17.0 Å². The smallest absolute Gasteiger partial charge is 0.241 e. The zero-order chi connectivity index (χ0) is 19.1. The van der Waals surface area contributed by atoms with Crippen molar-refractivity contribution in [2.45, 2.75) is 11.6 Å². The molecular weight excluding hydrogens is 437 g/mol. The van der Waals surface area contributed by atoms with Gasteiger partial charge in [-0.2, -0.15) is 0 Å². The quantitative estimate of drug-likeness (QED) is 0.651. The zero-order valence-electron chi connectivity index (χ0n) is 12.8. The SMILES string of the molecule is NS(=O)(=O)c1cc(F)c(-c2c(-c3cccc(Br)c3)noc2CF)cc1F. The third kappa shape index (κ3) is 3.39. The van der Waals surface area contributed by atoms with Gasteiger partial charge in [0.15, 0.2) is 12.4 Å². The monoisotopic (exact) mass is 446 g/mol. The van der Waals surface area contributed by atoms with Crippen molar-refractivity contribution < 1.29 is 26.1 Å². The number of aromatic nitrogens is 1. The molecular formula is C16H10BrF3N2O3S. The summed E-state index contributed by atoms with van der Waals surface area (Å²) in [5.41, 5.74) is 0.0514. The van der Waals surface area contributed by atoms with Gasteiger partial charge in [-0.15, -0.1) is 0 Å². The Morgan fingerprint density at radius 3 is 2.50 bits per heavy atom. The molecule has 0 fully saturated rings. The fourth-order valence-electron chi connectivity index (χ4n) is 2.46. The van der Waals surface area contributed by atoms with E-state index in [9.17, 15) is 21.6 Å². The minimum Gasteiger partial charge on any atom is -0.357 e. The molecule has 0 saturated heterocycles. The van der Waals surface area contributed by atoms with Gasteiger partial charge in [0.25, 0.3) is 0 Å². The molecule has 2 aromatic carbocycles. The predicted molar refractivity (Wildman–Crippen MR) is 91.2 cm³/mol. The first-order valence-corrected chi connectivity index (χ1v) is 9.39. The molecule has 1 aromatic heterocycles. The molecule has 136 valence electrons. The fourth-order valence-corrected chi connectivity index (χ4v) is 3.46. The molecule has 1 heterocycles. The molecule has 0 amide bonds. The molecule has 0 saturated carbocycles. The van der Waals surface area contributed by atoms with Gasteiger partial charge in [0.1, 0.15) is 22.2 Å². The Bertz CT molecular complexity index is 1100. The van der Waals surface area contributed by atoms with Crippen molar-refractivity contribution in [3.63, 3.8) is 0 Å². The number of benzene rings is 2. The van der Waals surface area contributed by atoms with E-state index in [4.69, 9.17) is 9.66 Å². The van der Waals surface area contributed by atoms with Gasteiger partial charge in [-0.1, -0.05) is 33.2 Å². The number of rotatable bonds is 4. The summed E-state index contributed by atoms with van der Waals surface area (Å²) in [4.78, 5) is -0.999. The highest BCUT2D eigenvalue weighted by molar-refractivity contribution is 9.10. The number of hydrogen-bond acceptors (Lipinski definition) is 4. The Labute approximate surface area is 154 Å². The van der Waals surface area contributed by atoms with Gasteiger partial charge in [0.2, 0.25) is 10.0 Å². The number of primary sulfonamides is 1. The highest BCUT2D eigenvalue weighted by atomic mass is 79.9. The second-order valence-electron chi connectivity index (χ2n) is 5.28. The lowest BCUT2D eigenvalue weighted by Gasteiger charge is -2.08. The van der Waals surface area contributed by atoms with Crippen molar-refractivity contribution in [2.24, 2.45) is 5.14 Å². The molecule has 10 heteroatoms. The molecule has 3 aromatic rings. The van der Waals surface area contributed by atoms with Crippen molar-refractivity contribution in [1.82, 2.24) is 5.16 Å². The summed E-state index contributed by atoms with van der Waals surface area (Å²) in [7, 11) is -4.46. The highest BCUT2D eigenvalue weighted by Crippen LogP contribution is 2.38. The van der Waals surface area contributed by atoms with E-state index < -0.39 is 38.8 Å². The van der Waals surface area contributed by atoms with Crippen LogP contribution in [0.15, 0.2) is 50.3 Å². The molecule has 0 aliphatic heterocycles. The molecule has 0 aliphatic rings. The molecule has 0 aliphatic carbocycles. The molecule has 3 rings (SSSR count). The first kappa shape index (κ1) is 18.6. The van der Waals surface area contributed by atoms with E-state index in [0.29, 0.717) is 22.2 Å². The van der Waals surface area contributed by atoms with Gasteiger partial charge < -0.3 is 4.52 Å². The van der Waals surface area contributed by atoms with Crippen LogP contribution in [0.1, 0.15) is 5.76 Å². The van der Waals surface area contributed by atoms with Crippen LogP contribution in [0.5, 0.6) is 0 Å². The van der Waals surface area contributed by atoms with Crippen molar-refractivity contribution in [3.05, 3.63) is 58.3 Å². The van der Waals surface area contributed by atoms with Crippen LogP contribution in [0.2, 0.25) is 0 Å². The molecule has 0 unspecified atom stereocenters. The average molecular weight is 447 g/mol. The highest BCUT2D eigenvalue weighted by Gasteiger charge is 2.25. The van der Waals surface area contributed by atoms with E-state index in [1.165, 1.54) is 0 Å². The molecule has 5 nitrogen and oxygen atoms in total. The maximum Gasteiger partial charge on any atom is 0.241 e. The molecule has 0 radical (unpaired) electrons. The van der Waals surface area contributed by atoms with E-state index in [1.54, 1.807) is 24.3 Å². The first-order valence-electron chi connectivity index (χ1n) is 7.05. The van der Waals surface area contributed by atoms with E-state index in [1.807, 2.05) is 0 Å². The minimum atomic E-state index is -4.46. The number of nitrogens with two attached hydrogens (primary N) is 1. The number of hydrogen-bond donors (Lipinski definition) is 1. The minimum absolute atomic E-state index is 0.0839. The lowest BCUT2D eigenvalue weighted by molar-refractivity contribution is 0.332. The van der Waals surface area contributed by atoms with Crippen LogP contribution in [-0.2, 0) is 16.7 Å². The third-order valence-corrected chi connectivity index (χ3v) is 5.00. The van der Waals surface area contributed by atoms with E-state index in [0.717, 1.165) is 0 Å². The summed E-state index contributed by atoms with van der Waals surface area (Å²) in [6.45, 7) is -1.12. The molecule has 26 heavy (non-hydrogen) atoms. The predicted octanol–water partition coefficient (Wildman–Crippen LogP) is 4.17. The van der Waals surface area contributed by atoms with Crippen LogP contribution < -0.4 is 5.14 Å². The Hall–Kier alpha value is -2.17. The Morgan fingerprint density at radius 2 is 1.88 bits per heavy atom. The van der Waals surface area contributed by atoms with Crippen LogP contribution in [0.25, 0.3) is 22.4 Å². The van der Waals surface area contributed by atoms with Crippen molar-refractivity contribution >= 4 is 26.0 Å². The molecule has 2 N–H and O–H groups in total. The van der Waals surface area contributed by atoms with Gasteiger partial charge >= 0.3 is 0 Å². The lowest BCUT2D eigenvalue weighted by atomic mass is 9.99. The summed E-state index contributed by atoms with van der Waals surface area (Å²) in [6.07, 6.45) is 0. The Morgan fingerprint density at radius 1 is 1.15 bits per heavy atom. The number of alkyl halides is 1. The topological polar surface area (TPSA) is 86.2 Å². The van der Waals surface area contributed by atoms with Crippen LogP contribution in [-0.4, -0.2) is 13.6 Å². The largest absolute Gasteiger partial charge is 0.357 e. The number of nitrogens with zero attached hydrogens (tertiary/aromatic N) is 1. The standard InChI is InChI=1S/C16H10BrF3N2O3S/c17-9-3-1-2-8(4-9)16-15(13(7-18)25-22-16)10-5-12(20)14(6-11(10)19)26(21,23)24/h1-6H,7H2,(H2,21,23,24). The van der Waals surface area contributed by atoms with Gasteiger partial charge in [-0.25, -0.2) is 26.7 Å². The molecule has 0 atom stereocenters. The number of sulfonamides is 1. The first-order chi connectivity index (χ1) is 12.2. The summed E-state index contributed by atoms with van der Waals surface area (Å²) in [5, 5.41) is 8.61. The number of halogens is 4. The fraction of sp³-hybridized carbons (Fsp3) is 0.0625. The summed E-state index contributed by atoms with van der Waals surface area (Å²) < 4.78 is 70.3. The second-order valence-corrected chi connectivity index (χ2v) is 7.73. The lowest BCUT2D eigenvalue weighted by Crippen LogP contribution is -2.14. The second kappa shape index (κ2) is 6.86. The third-order valence-electron chi connectivity index (χ3n) is 3.58. The Balaban J connectivity index is 2.28. The zero-order valence-corrected chi connectivity index (χ0v) is 15.2. The van der Waals surface area contributed by atoms with Gasteiger partial charge in [-0.05, 0) is 24.3 Å². The Kier molecular flexibility index (Phi) is 4.91. The van der Waals surface area contributed by atoms with Crippen molar-refractivity contribution in [3.8, 4) is 22.4 Å². The summed E-state index contributed by atoms with van der Waals surface area (Å²) in [6, 6.07) is 7.74. The maximum atomic E-state index is 14.5. The maximum absolute atomic E-state index is 14.5. The van der Waals surface area contributed by atoms with Gasteiger partial charge in [-0.3, -0.25) is 0 Å². The van der Waals surface area contributed by atoms with Crippen LogP contribution in [0, 0.1) is 11.6 Å². The molecule has 0 bridgehead atoms. The van der Waals surface area contributed by atoms with Crippen LogP contribution >= 0.6 is 15.9 Å². The average Bonchev–Trinajstić information content (AvgIpc) is 2.99. The van der Waals surface area contributed by atoms with Crippen LogP contribution in [0.4, 0.5) is 13.2 Å². The summed E-state index contributed by atoms with van der Waals surface area (Å²) >= 11 is 3.27. The van der Waals surface area contributed by atoms with Crippen molar-refractivity contribution in [1.29, 1.82) is 0 Å². The van der Waals surface area contributed by atoms with Crippen molar-refractivity contribution in [2.75, 3.05) is 0 Å². The molecule has 0 spiro atoms. The van der Waals surface area contributed by atoms with E-state index in [2.05, 4.69) is 21.1 Å².